The lowest BCUT2D eigenvalue weighted by Gasteiger charge is -2.24. The third-order valence-electron chi connectivity index (χ3n) is 1.88. The molecule has 0 amide bonds. The topological polar surface area (TPSA) is 49.3 Å². The predicted octanol–water partition coefficient (Wildman–Crippen LogP) is -0.312. The lowest BCUT2D eigenvalue weighted by atomic mass is 10.0. The molecular weight excluding hydrogens is 130 g/mol. The van der Waals surface area contributed by atoms with Crippen LogP contribution in [-0.2, 0) is 4.79 Å². The second-order valence-corrected chi connectivity index (χ2v) is 2.81. The summed E-state index contributed by atoms with van der Waals surface area (Å²) < 4.78 is 0. The summed E-state index contributed by atoms with van der Waals surface area (Å²) >= 11 is 0. The number of Topliss-reactive ketones (excluding diaryl/α,β-unsaturated/α-hetero) is 1. The van der Waals surface area contributed by atoms with Crippen molar-refractivity contribution in [1.82, 2.24) is 5.32 Å². The Morgan fingerprint density at radius 1 is 1.80 bits per heavy atom. The third-order valence-corrected chi connectivity index (χ3v) is 1.88. The molecule has 0 aromatic heterocycles. The highest BCUT2D eigenvalue weighted by atomic mass is 16.3. The molecule has 0 aliphatic carbocycles. The highest BCUT2D eigenvalue weighted by Gasteiger charge is 2.20. The Morgan fingerprint density at radius 3 is 2.90 bits per heavy atom. The largest absolute Gasteiger partial charge is 0.392 e. The minimum atomic E-state index is -0.340. The van der Waals surface area contributed by atoms with E-state index >= 15 is 0 Å². The average molecular weight is 143 g/mol. The molecule has 2 N–H and O–H groups in total. The molecular formula is C7H13NO2. The molecule has 1 aliphatic heterocycles. The molecule has 3 heteroatoms. The Balaban J connectivity index is 2.33. The Bertz CT molecular complexity index is 124. The van der Waals surface area contributed by atoms with Gasteiger partial charge in [-0.2, -0.15) is 0 Å². The van der Waals surface area contributed by atoms with Crippen molar-refractivity contribution in [2.75, 3.05) is 6.54 Å². The first-order valence-electron chi connectivity index (χ1n) is 3.63. The first-order valence-corrected chi connectivity index (χ1v) is 3.63. The second kappa shape index (κ2) is 3.12. The molecule has 1 aliphatic rings. The van der Waals surface area contributed by atoms with Crippen LogP contribution in [0.1, 0.15) is 19.8 Å². The van der Waals surface area contributed by atoms with Crippen LogP contribution in [0, 0.1) is 0 Å². The number of rotatable bonds is 1. The molecule has 58 valence electrons. The van der Waals surface area contributed by atoms with Crippen LogP contribution in [0.5, 0.6) is 0 Å². The lowest BCUT2D eigenvalue weighted by Crippen LogP contribution is -2.45. The van der Waals surface area contributed by atoms with Gasteiger partial charge in [-0.3, -0.25) is 4.79 Å². The third kappa shape index (κ3) is 1.78. The van der Waals surface area contributed by atoms with Gasteiger partial charge in [0.25, 0.3) is 0 Å². The molecule has 0 aromatic rings. The summed E-state index contributed by atoms with van der Waals surface area (Å²) in [7, 11) is 0. The van der Waals surface area contributed by atoms with Crippen LogP contribution >= 0.6 is 0 Å². The van der Waals surface area contributed by atoms with E-state index in [0.717, 1.165) is 6.42 Å². The molecule has 2 unspecified atom stereocenters. The van der Waals surface area contributed by atoms with Gasteiger partial charge in [-0.05, 0) is 13.3 Å². The van der Waals surface area contributed by atoms with Gasteiger partial charge in [0.1, 0.15) is 5.78 Å². The molecule has 3 nitrogen and oxygen atoms in total. The number of hydrogen-bond donors (Lipinski definition) is 2. The normalized spacial score (nSPS) is 30.2. The van der Waals surface area contributed by atoms with E-state index in [1.165, 1.54) is 0 Å². The highest BCUT2D eigenvalue weighted by molar-refractivity contribution is 5.81. The standard InChI is InChI=1S/C7H13NO2/c1-5(9)7-3-2-6(10)4-8-7/h5,7-9H,2-4H2,1H3. The van der Waals surface area contributed by atoms with E-state index in [1.54, 1.807) is 6.92 Å². The summed E-state index contributed by atoms with van der Waals surface area (Å²) in [5.41, 5.74) is 0. The number of carbonyl (C=O) groups excluding carboxylic acids is 1. The minimum Gasteiger partial charge on any atom is -0.392 e. The summed E-state index contributed by atoms with van der Waals surface area (Å²) in [6.07, 6.45) is 1.05. The maximum Gasteiger partial charge on any atom is 0.146 e. The van der Waals surface area contributed by atoms with Crippen molar-refractivity contribution >= 4 is 5.78 Å². The molecule has 0 radical (unpaired) electrons. The molecule has 0 saturated carbocycles. The zero-order valence-electron chi connectivity index (χ0n) is 6.13. The molecule has 1 heterocycles. The molecule has 1 fully saturated rings. The van der Waals surface area contributed by atoms with Crippen molar-refractivity contribution < 1.29 is 9.90 Å². The van der Waals surface area contributed by atoms with Crippen molar-refractivity contribution in [3.8, 4) is 0 Å². The number of aliphatic hydroxyl groups is 1. The molecule has 10 heavy (non-hydrogen) atoms. The summed E-state index contributed by atoms with van der Waals surface area (Å²) in [6.45, 7) is 2.17. The lowest BCUT2D eigenvalue weighted by molar-refractivity contribution is -0.120. The van der Waals surface area contributed by atoms with Crippen molar-refractivity contribution in [3.05, 3.63) is 0 Å². The number of nitrogens with one attached hydrogen (secondary N) is 1. The summed E-state index contributed by atoms with van der Waals surface area (Å²) in [5.74, 6) is 0.247. The summed E-state index contributed by atoms with van der Waals surface area (Å²) in [5, 5.41) is 12.1. The van der Waals surface area contributed by atoms with Crippen LogP contribution in [0.3, 0.4) is 0 Å². The van der Waals surface area contributed by atoms with Gasteiger partial charge in [0.05, 0.1) is 12.6 Å². The van der Waals surface area contributed by atoms with Gasteiger partial charge < -0.3 is 10.4 Å². The predicted molar refractivity (Wildman–Crippen MR) is 37.7 cm³/mol. The molecule has 2 atom stereocenters. The highest BCUT2D eigenvalue weighted by Crippen LogP contribution is 2.07. The van der Waals surface area contributed by atoms with Gasteiger partial charge in [0.15, 0.2) is 0 Å². The van der Waals surface area contributed by atoms with Crippen molar-refractivity contribution in [3.63, 3.8) is 0 Å². The van der Waals surface area contributed by atoms with Gasteiger partial charge in [-0.15, -0.1) is 0 Å². The Morgan fingerprint density at radius 2 is 2.50 bits per heavy atom. The Hall–Kier alpha value is -0.410. The van der Waals surface area contributed by atoms with Gasteiger partial charge in [0, 0.05) is 12.5 Å². The first kappa shape index (κ1) is 7.69. The zero-order valence-corrected chi connectivity index (χ0v) is 6.13. The maximum absolute atomic E-state index is 10.7. The SMILES string of the molecule is CC(O)C1CCC(=O)CN1. The molecule has 1 rings (SSSR count). The quantitative estimate of drug-likeness (QED) is 0.529. The minimum absolute atomic E-state index is 0.123. The Labute approximate surface area is 60.4 Å². The van der Waals surface area contributed by atoms with E-state index in [-0.39, 0.29) is 17.9 Å². The van der Waals surface area contributed by atoms with Crippen molar-refractivity contribution in [2.45, 2.75) is 31.9 Å². The fraction of sp³-hybridized carbons (Fsp3) is 0.857. The molecule has 1 saturated heterocycles. The molecule has 0 bridgehead atoms. The van der Waals surface area contributed by atoms with Crippen LogP contribution in [0.15, 0.2) is 0 Å². The van der Waals surface area contributed by atoms with Crippen LogP contribution in [-0.4, -0.2) is 29.6 Å². The van der Waals surface area contributed by atoms with E-state index in [9.17, 15) is 4.79 Å². The smallest absolute Gasteiger partial charge is 0.146 e. The van der Waals surface area contributed by atoms with E-state index in [0.29, 0.717) is 13.0 Å². The number of ketones is 1. The second-order valence-electron chi connectivity index (χ2n) is 2.81. The number of piperidine rings is 1. The number of carbonyl (C=O) groups is 1. The zero-order chi connectivity index (χ0) is 7.56. The number of hydrogen-bond acceptors (Lipinski definition) is 3. The Kier molecular flexibility index (Phi) is 2.40. The average Bonchev–Trinajstić information content (AvgIpc) is 1.88. The first-order chi connectivity index (χ1) is 4.70. The van der Waals surface area contributed by atoms with Crippen LogP contribution in [0.25, 0.3) is 0 Å². The van der Waals surface area contributed by atoms with E-state index in [4.69, 9.17) is 5.11 Å². The van der Waals surface area contributed by atoms with Crippen LogP contribution < -0.4 is 5.32 Å². The van der Waals surface area contributed by atoms with Gasteiger partial charge in [0.2, 0.25) is 0 Å². The van der Waals surface area contributed by atoms with Crippen molar-refractivity contribution in [1.29, 1.82) is 0 Å². The fourth-order valence-electron chi connectivity index (χ4n) is 1.16. The van der Waals surface area contributed by atoms with Gasteiger partial charge in [-0.1, -0.05) is 0 Å². The van der Waals surface area contributed by atoms with Crippen LogP contribution in [0.4, 0.5) is 0 Å². The summed E-state index contributed by atoms with van der Waals surface area (Å²) in [4.78, 5) is 10.7. The fourth-order valence-corrected chi connectivity index (χ4v) is 1.16. The summed E-state index contributed by atoms with van der Waals surface area (Å²) in [6, 6.07) is 0.123. The van der Waals surface area contributed by atoms with Gasteiger partial charge in [-0.25, -0.2) is 0 Å². The van der Waals surface area contributed by atoms with E-state index in [1.807, 2.05) is 0 Å². The monoisotopic (exact) mass is 143 g/mol. The van der Waals surface area contributed by atoms with E-state index < -0.39 is 0 Å². The maximum atomic E-state index is 10.7. The molecule has 0 aromatic carbocycles. The van der Waals surface area contributed by atoms with Crippen LogP contribution in [0.2, 0.25) is 0 Å². The van der Waals surface area contributed by atoms with E-state index in [2.05, 4.69) is 5.32 Å². The number of aliphatic hydroxyl groups excluding tert-OH is 1. The van der Waals surface area contributed by atoms with Gasteiger partial charge >= 0.3 is 0 Å². The van der Waals surface area contributed by atoms with Crippen molar-refractivity contribution in [2.24, 2.45) is 0 Å². The molecule has 0 spiro atoms.